The highest BCUT2D eigenvalue weighted by Gasteiger charge is 2.08. The Kier molecular flexibility index (Phi) is 7.48. The second-order valence-corrected chi connectivity index (χ2v) is 4.56. The SMILES string of the molecule is COCCCN(CCOC)c1ccc(C=O)c(Cl)c1. The van der Waals surface area contributed by atoms with Crippen molar-refractivity contribution in [1.29, 1.82) is 0 Å². The lowest BCUT2D eigenvalue weighted by molar-refractivity contribution is 0.112. The van der Waals surface area contributed by atoms with E-state index in [4.69, 9.17) is 21.1 Å². The number of nitrogens with zero attached hydrogens (tertiary/aromatic N) is 1. The fraction of sp³-hybridized carbons (Fsp3) is 0.500. The highest BCUT2D eigenvalue weighted by atomic mass is 35.5. The summed E-state index contributed by atoms with van der Waals surface area (Å²) in [4.78, 5) is 12.9. The van der Waals surface area contributed by atoms with Gasteiger partial charge in [0.15, 0.2) is 6.29 Å². The molecule has 0 amide bonds. The Bertz CT molecular complexity index is 398. The van der Waals surface area contributed by atoms with Crippen LogP contribution in [-0.2, 0) is 9.47 Å². The normalized spacial score (nSPS) is 10.5. The maximum Gasteiger partial charge on any atom is 0.151 e. The maximum atomic E-state index is 10.8. The molecule has 1 rings (SSSR count). The number of rotatable bonds is 9. The summed E-state index contributed by atoms with van der Waals surface area (Å²) < 4.78 is 10.2. The first-order chi connectivity index (χ1) is 9.22. The second-order valence-electron chi connectivity index (χ2n) is 4.15. The van der Waals surface area contributed by atoms with Gasteiger partial charge in [-0.25, -0.2) is 0 Å². The Morgan fingerprint density at radius 1 is 1.21 bits per heavy atom. The molecule has 0 heterocycles. The number of carbonyl (C=O) groups is 1. The summed E-state index contributed by atoms with van der Waals surface area (Å²) in [5, 5.41) is 0.474. The summed E-state index contributed by atoms with van der Waals surface area (Å²) in [6, 6.07) is 5.45. The van der Waals surface area contributed by atoms with Crippen molar-refractivity contribution < 1.29 is 14.3 Å². The number of carbonyl (C=O) groups excluding carboxylic acids is 1. The van der Waals surface area contributed by atoms with Crippen molar-refractivity contribution in [3.63, 3.8) is 0 Å². The van der Waals surface area contributed by atoms with E-state index in [0.29, 0.717) is 23.8 Å². The van der Waals surface area contributed by atoms with Crippen LogP contribution < -0.4 is 4.90 Å². The van der Waals surface area contributed by atoms with E-state index < -0.39 is 0 Å². The molecule has 4 nitrogen and oxygen atoms in total. The molecule has 0 aliphatic heterocycles. The van der Waals surface area contributed by atoms with E-state index in [-0.39, 0.29) is 0 Å². The van der Waals surface area contributed by atoms with Crippen molar-refractivity contribution in [3.05, 3.63) is 28.8 Å². The molecule has 0 aromatic heterocycles. The molecule has 0 unspecified atom stereocenters. The Hall–Kier alpha value is -1.10. The minimum absolute atomic E-state index is 0.474. The van der Waals surface area contributed by atoms with Gasteiger partial charge in [0.1, 0.15) is 0 Å². The topological polar surface area (TPSA) is 38.8 Å². The number of anilines is 1. The van der Waals surface area contributed by atoms with Crippen molar-refractivity contribution >= 4 is 23.6 Å². The molecule has 1 aromatic carbocycles. The average molecular weight is 286 g/mol. The van der Waals surface area contributed by atoms with Crippen molar-refractivity contribution in [2.75, 3.05) is 45.4 Å². The van der Waals surface area contributed by atoms with Gasteiger partial charge in [-0.05, 0) is 24.6 Å². The molecular weight excluding hydrogens is 266 g/mol. The number of aldehydes is 1. The molecular formula is C14H20ClNO3. The predicted molar refractivity (Wildman–Crippen MR) is 77.4 cm³/mol. The summed E-state index contributed by atoms with van der Waals surface area (Å²) >= 11 is 6.06. The molecule has 0 aliphatic rings. The monoisotopic (exact) mass is 285 g/mol. The zero-order valence-electron chi connectivity index (χ0n) is 11.4. The highest BCUT2D eigenvalue weighted by molar-refractivity contribution is 6.33. The molecule has 106 valence electrons. The van der Waals surface area contributed by atoms with E-state index in [1.54, 1.807) is 20.3 Å². The standard InChI is InChI=1S/C14H20ClNO3/c1-18-8-3-6-16(7-9-19-2)13-5-4-12(11-17)14(15)10-13/h4-5,10-11H,3,6-9H2,1-2H3. The number of ether oxygens (including phenoxy) is 2. The largest absolute Gasteiger partial charge is 0.385 e. The lowest BCUT2D eigenvalue weighted by Crippen LogP contribution is -2.29. The van der Waals surface area contributed by atoms with E-state index >= 15 is 0 Å². The van der Waals surface area contributed by atoms with E-state index in [1.807, 2.05) is 12.1 Å². The lowest BCUT2D eigenvalue weighted by atomic mass is 10.2. The summed E-state index contributed by atoms with van der Waals surface area (Å²) in [5.41, 5.74) is 1.50. The van der Waals surface area contributed by atoms with Crippen molar-refractivity contribution in [1.82, 2.24) is 0 Å². The third-order valence-corrected chi connectivity index (χ3v) is 3.15. The molecule has 5 heteroatoms. The minimum Gasteiger partial charge on any atom is -0.385 e. The van der Waals surface area contributed by atoms with Gasteiger partial charge in [-0.15, -0.1) is 0 Å². The van der Waals surface area contributed by atoms with E-state index in [9.17, 15) is 4.79 Å². The molecule has 0 N–H and O–H groups in total. The number of benzene rings is 1. The quantitative estimate of drug-likeness (QED) is 0.516. The molecule has 0 saturated heterocycles. The van der Waals surface area contributed by atoms with Gasteiger partial charge in [-0.2, -0.15) is 0 Å². The molecule has 0 aliphatic carbocycles. The summed E-state index contributed by atoms with van der Waals surface area (Å²) in [7, 11) is 3.37. The minimum atomic E-state index is 0.474. The Morgan fingerprint density at radius 3 is 2.53 bits per heavy atom. The lowest BCUT2D eigenvalue weighted by Gasteiger charge is -2.25. The van der Waals surface area contributed by atoms with Crippen LogP contribution >= 0.6 is 11.6 Å². The third-order valence-electron chi connectivity index (χ3n) is 2.82. The predicted octanol–water partition coefficient (Wildman–Crippen LogP) is 2.64. The van der Waals surface area contributed by atoms with Gasteiger partial charge in [-0.1, -0.05) is 11.6 Å². The summed E-state index contributed by atoms with van der Waals surface area (Å²) in [5.74, 6) is 0. The first-order valence-corrected chi connectivity index (χ1v) is 6.58. The average Bonchev–Trinajstić information content (AvgIpc) is 2.42. The fourth-order valence-electron chi connectivity index (χ4n) is 1.78. The maximum absolute atomic E-state index is 10.8. The van der Waals surface area contributed by atoms with E-state index in [2.05, 4.69) is 4.90 Å². The van der Waals surface area contributed by atoms with Crippen molar-refractivity contribution in [2.45, 2.75) is 6.42 Å². The zero-order valence-corrected chi connectivity index (χ0v) is 12.2. The summed E-state index contributed by atoms with van der Waals surface area (Å²) in [6.45, 7) is 2.98. The van der Waals surface area contributed by atoms with Gasteiger partial charge in [0, 0.05) is 45.2 Å². The van der Waals surface area contributed by atoms with Crippen LogP contribution in [0.15, 0.2) is 18.2 Å². The Balaban J connectivity index is 2.77. The van der Waals surface area contributed by atoms with Crippen LogP contribution in [-0.4, -0.2) is 46.8 Å². The van der Waals surface area contributed by atoms with Crippen LogP contribution in [0.1, 0.15) is 16.8 Å². The molecule has 0 atom stereocenters. The zero-order chi connectivity index (χ0) is 14.1. The van der Waals surface area contributed by atoms with Crippen LogP contribution in [0.4, 0.5) is 5.69 Å². The second kappa shape index (κ2) is 8.91. The number of hydrogen-bond acceptors (Lipinski definition) is 4. The first-order valence-electron chi connectivity index (χ1n) is 6.20. The third kappa shape index (κ3) is 5.19. The van der Waals surface area contributed by atoms with Gasteiger partial charge in [-0.3, -0.25) is 4.79 Å². The molecule has 0 fully saturated rings. The van der Waals surface area contributed by atoms with Crippen molar-refractivity contribution in [3.8, 4) is 0 Å². The number of halogens is 1. The van der Waals surface area contributed by atoms with Crippen LogP contribution in [0.5, 0.6) is 0 Å². The van der Waals surface area contributed by atoms with Gasteiger partial charge in [0.25, 0.3) is 0 Å². The van der Waals surface area contributed by atoms with E-state index in [1.165, 1.54) is 0 Å². The van der Waals surface area contributed by atoms with E-state index in [0.717, 1.165) is 31.5 Å². The number of methoxy groups -OCH3 is 2. The van der Waals surface area contributed by atoms with Crippen molar-refractivity contribution in [2.24, 2.45) is 0 Å². The fourth-order valence-corrected chi connectivity index (χ4v) is 2.00. The van der Waals surface area contributed by atoms with Crippen LogP contribution in [0.2, 0.25) is 5.02 Å². The Morgan fingerprint density at radius 2 is 1.95 bits per heavy atom. The number of hydrogen-bond donors (Lipinski definition) is 0. The van der Waals surface area contributed by atoms with Gasteiger partial charge < -0.3 is 14.4 Å². The van der Waals surface area contributed by atoms with Crippen LogP contribution in [0.25, 0.3) is 0 Å². The van der Waals surface area contributed by atoms with Gasteiger partial charge in [0.2, 0.25) is 0 Å². The highest BCUT2D eigenvalue weighted by Crippen LogP contribution is 2.23. The molecule has 1 aromatic rings. The molecule has 0 spiro atoms. The van der Waals surface area contributed by atoms with Gasteiger partial charge in [0.05, 0.1) is 11.6 Å². The van der Waals surface area contributed by atoms with Gasteiger partial charge >= 0.3 is 0 Å². The molecule has 0 saturated carbocycles. The molecule has 0 bridgehead atoms. The van der Waals surface area contributed by atoms with Crippen LogP contribution in [0, 0.1) is 0 Å². The molecule has 0 radical (unpaired) electrons. The van der Waals surface area contributed by atoms with Crippen LogP contribution in [0.3, 0.4) is 0 Å². The first kappa shape index (κ1) is 16.0. The molecule has 19 heavy (non-hydrogen) atoms. The summed E-state index contributed by atoms with van der Waals surface area (Å²) in [6.07, 6.45) is 1.68. The Labute approximate surface area is 119 Å². The smallest absolute Gasteiger partial charge is 0.151 e.